The molecule has 0 saturated carbocycles. The molecule has 1 aliphatic rings. The number of benzene rings is 3. The zero-order valence-corrected chi connectivity index (χ0v) is 18.4. The molecule has 2 atom stereocenters. The number of nitrogens with zero attached hydrogens (tertiary/aromatic N) is 2. The second-order valence-electron chi connectivity index (χ2n) is 8.21. The van der Waals surface area contributed by atoms with Crippen LogP contribution in [0, 0.1) is 0 Å². The fourth-order valence-corrected chi connectivity index (χ4v) is 4.27. The summed E-state index contributed by atoms with van der Waals surface area (Å²) in [5.74, 6) is -0.0930. The third-order valence-electron chi connectivity index (χ3n) is 5.94. The van der Waals surface area contributed by atoms with Crippen molar-refractivity contribution < 1.29 is 9.59 Å². The molecule has 1 aliphatic heterocycles. The van der Waals surface area contributed by atoms with Crippen LogP contribution in [-0.4, -0.2) is 47.8 Å². The largest absolute Gasteiger partial charge is 0.340 e. The van der Waals surface area contributed by atoms with Crippen LogP contribution in [0.1, 0.15) is 22.7 Å². The van der Waals surface area contributed by atoms with Gasteiger partial charge in [-0.25, -0.2) is 0 Å². The lowest BCUT2D eigenvalue weighted by Crippen LogP contribution is -2.58. The Labute approximate surface area is 189 Å². The number of nitrogens with one attached hydrogen (secondary N) is 1. The Bertz CT molecular complexity index is 1020. The van der Waals surface area contributed by atoms with Crippen molar-refractivity contribution in [3.05, 3.63) is 108 Å². The van der Waals surface area contributed by atoms with E-state index in [9.17, 15) is 9.59 Å². The van der Waals surface area contributed by atoms with Gasteiger partial charge in [-0.1, -0.05) is 91.0 Å². The summed E-state index contributed by atoms with van der Waals surface area (Å²) in [6, 6.07) is 28.6. The molecular formula is C27H29N3O2. The number of carbonyl (C=O) groups is 2. The number of hydrogen-bond acceptors (Lipinski definition) is 3. The highest BCUT2D eigenvalue weighted by Crippen LogP contribution is 2.23. The third-order valence-corrected chi connectivity index (χ3v) is 5.94. The van der Waals surface area contributed by atoms with Crippen LogP contribution in [0.5, 0.6) is 0 Å². The van der Waals surface area contributed by atoms with Crippen LogP contribution >= 0.6 is 0 Å². The second kappa shape index (κ2) is 10.2. The van der Waals surface area contributed by atoms with Crippen molar-refractivity contribution in [2.24, 2.45) is 0 Å². The van der Waals surface area contributed by atoms with Crippen LogP contribution in [0.3, 0.4) is 0 Å². The van der Waals surface area contributed by atoms with Gasteiger partial charge in [0.05, 0.1) is 0 Å². The minimum Gasteiger partial charge on any atom is -0.340 e. The highest BCUT2D eigenvalue weighted by Gasteiger charge is 2.38. The lowest BCUT2D eigenvalue weighted by molar-refractivity contribution is -0.148. The summed E-state index contributed by atoms with van der Waals surface area (Å²) in [5.41, 5.74) is 3.03. The summed E-state index contributed by atoms with van der Waals surface area (Å²) in [4.78, 5) is 30.7. The lowest BCUT2D eigenvalue weighted by Gasteiger charge is -2.39. The monoisotopic (exact) mass is 427 g/mol. The molecule has 3 aromatic rings. The van der Waals surface area contributed by atoms with Crippen molar-refractivity contribution in [2.75, 3.05) is 20.1 Å². The summed E-state index contributed by atoms with van der Waals surface area (Å²) >= 11 is 0. The Kier molecular flexibility index (Phi) is 6.97. The van der Waals surface area contributed by atoms with Crippen molar-refractivity contribution >= 4 is 11.8 Å². The van der Waals surface area contributed by atoms with Gasteiger partial charge in [0.2, 0.25) is 11.8 Å². The van der Waals surface area contributed by atoms with Crippen molar-refractivity contribution in [2.45, 2.75) is 25.0 Å². The minimum atomic E-state index is -0.549. The Hall–Kier alpha value is -3.44. The van der Waals surface area contributed by atoms with Crippen LogP contribution in [-0.2, 0) is 22.6 Å². The molecule has 2 amide bonds. The van der Waals surface area contributed by atoms with E-state index in [1.165, 1.54) is 0 Å². The van der Waals surface area contributed by atoms with Crippen LogP contribution < -0.4 is 5.32 Å². The molecule has 0 bridgehead atoms. The van der Waals surface area contributed by atoms with Gasteiger partial charge in [-0.15, -0.1) is 0 Å². The average Bonchev–Trinajstić information content (AvgIpc) is 2.84. The molecule has 32 heavy (non-hydrogen) atoms. The number of likely N-dealkylation sites (N-methyl/N-ethyl adjacent to an activating group) is 1. The maximum absolute atomic E-state index is 13.7. The predicted molar refractivity (Wildman–Crippen MR) is 126 cm³/mol. The molecule has 0 aromatic heterocycles. The van der Waals surface area contributed by atoms with E-state index >= 15 is 0 Å². The molecule has 5 heteroatoms. The Morgan fingerprint density at radius 1 is 0.938 bits per heavy atom. The first-order valence-corrected chi connectivity index (χ1v) is 11.0. The molecule has 164 valence electrons. The number of hydrogen-bond donors (Lipinski definition) is 1. The minimum absolute atomic E-state index is 0.0419. The zero-order chi connectivity index (χ0) is 22.3. The van der Waals surface area contributed by atoms with E-state index in [4.69, 9.17) is 0 Å². The third kappa shape index (κ3) is 5.06. The average molecular weight is 428 g/mol. The van der Waals surface area contributed by atoms with Gasteiger partial charge in [-0.2, -0.15) is 0 Å². The van der Waals surface area contributed by atoms with Crippen LogP contribution in [0.2, 0.25) is 0 Å². The van der Waals surface area contributed by atoms with Crippen LogP contribution in [0.15, 0.2) is 91.0 Å². The molecule has 0 unspecified atom stereocenters. The number of amides is 2. The molecular weight excluding hydrogens is 398 g/mol. The van der Waals surface area contributed by atoms with Gasteiger partial charge in [0.1, 0.15) is 12.1 Å². The highest BCUT2D eigenvalue weighted by atomic mass is 16.2. The summed E-state index contributed by atoms with van der Waals surface area (Å²) in [6.07, 6.45) is 0.492. The van der Waals surface area contributed by atoms with Crippen LogP contribution in [0.25, 0.3) is 0 Å². The maximum Gasteiger partial charge on any atom is 0.245 e. The van der Waals surface area contributed by atoms with E-state index in [-0.39, 0.29) is 11.8 Å². The first-order valence-electron chi connectivity index (χ1n) is 11.0. The fourth-order valence-electron chi connectivity index (χ4n) is 4.27. The van der Waals surface area contributed by atoms with E-state index in [0.717, 1.165) is 16.7 Å². The lowest BCUT2D eigenvalue weighted by atomic mass is 9.98. The topological polar surface area (TPSA) is 52.7 Å². The van der Waals surface area contributed by atoms with Gasteiger partial charge < -0.3 is 15.1 Å². The van der Waals surface area contributed by atoms with Crippen LogP contribution in [0.4, 0.5) is 0 Å². The molecule has 1 N–H and O–H groups in total. The molecule has 4 rings (SSSR count). The van der Waals surface area contributed by atoms with E-state index < -0.39 is 12.1 Å². The van der Waals surface area contributed by atoms with E-state index in [1.54, 1.807) is 9.80 Å². The Morgan fingerprint density at radius 2 is 1.50 bits per heavy atom. The first kappa shape index (κ1) is 21.8. The quantitative estimate of drug-likeness (QED) is 0.629. The number of rotatable bonds is 7. The summed E-state index contributed by atoms with van der Waals surface area (Å²) < 4.78 is 0. The van der Waals surface area contributed by atoms with Crippen molar-refractivity contribution in [1.82, 2.24) is 15.1 Å². The standard InChI is InChI=1S/C27H29N3O2/c1-29(20-22-13-7-3-8-14-22)26(31)24(19-21-11-5-2-6-12-21)30-18-17-28-25(27(30)32)23-15-9-4-10-16-23/h2-16,24-25,28H,17-20H2,1H3/t24-,25+/m1/s1. The van der Waals surface area contributed by atoms with Gasteiger partial charge in [0, 0.05) is 33.1 Å². The number of piperazine rings is 1. The predicted octanol–water partition coefficient (Wildman–Crippen LogP) is 3.43. The summed E-state index contributed by atoms with van der Waals surface area (Å²) in [7, 11) is 1.81. The van der Waals surface area contributed by atoms with Gasteiger partial charge in [0.15, 0.2) is 0 Å². The fraction of sp³-hybridized carbons (Fsp3) is 0.259. The van der Waals surface area contributed by atoms with Gasteiger partial charge in [-0.05, 0) is 16.7 Å². The smallest absolute Gasteiger partial charge is 0.245 e. The highest BCUT2D eigenvalue weighted by molar-refractivity contribution is 5.91. The number of carbonyl (C=O) groups excluding carboxylic acids is 2. The molecule has 5 nitrogen and oxygen atoms in total. The molecule has 1 fully saturated rings. The van der Waals surface area contributed by atoms with Crippen molar-refractivity contribution in [3.63, 3.8) is 0 Å². The van der Waals surface area contributed by atoms with Gasteiger partial charge in [0.25, 0.3) is 0 Å². The molecule has 3 aromatic carbocycles. The molecule has 0 aliphatic carbocycles. The molecule has 1 saturated heterocycles. The van der Waals surface area contributed by atoms with Crippen molar-refractivity contribution in [1.29, 1.82) is 0 Å². The van der Waals surface area contributed by atoms with E-state index in [0.29, 0.717) is 26.1 Å². The Balaban J connectivity index is 1.59. The van der Waals surface area contributed by atoms with E-state index in [2.05, 4.69) is 5.32 Å². The Morgan fingerprint density at radius 3 is 2.12 bits per heavy atom. The SMILES string of the molecule is CN(Cc1ccccc1)C(=O)[C@@H](Cc1ccccc1)N1CCN[C@@H](c2ccccc2)C1=O. The maximum atomic E-state index is 13.7. The van der Waals surface area contributed by atoms with Gasteiger partial charge in [-0.3, -0.25) is 9.59 Å². The first-order chi connectivity index (χ1) is 15.6. The second-order valence-corrected chi connectivity index (χ2v) is 8.21. The normalized spacial score (nSPS) is 17.1. The summed E-state index contributed by atoms with van der Waals surface area (Å²) in [5, 5.41) is 3.33. The molecule has 1 heterocycles. The molecule has 0 radical (unpaired) electrons. The summed E-state index contributed by atoms with van der Waals surface area (Å²) in [6.45, 7) is 1.66. The zero-order valence-electron chi connectivity index (χ0n) is 18.4. The van der Waals surface area contributed by atoms with Gasteiger partial charge >= 0.3 is 0 Å². The molecule has 0 spiro atoms. The van der Waals surface area contributed by atoms with E-state index in [1.807, 2.05) is 98.0 Å². The van der Waals surface area contributed by atoms with Crippen molar-refractivity contribution in [3.8, 4) is 0 Å².